The fourth-order valence-corrected chi connectivity index (χ4v) is 2.20. The number of aliphatic imine (C=N–C) groups is 1. The summed E-state index contributed by atoms with van der Waals surface area (Å²) in [6, 6.07) is 11.0. The lowest BCUT2D eigenvalue weighted by Gasteiger charge is -2.13. The van der Waals surface area contributed by atoms with Gasteiger partial charge in [0.2, 0.25) is 0 Å². The first-order chi connectivity index (χ1) is 11.6. The van der Waals surface area contributed by atoms with Gasteiger partial charge in [-0.1, -0.05) is 18.2 Å². The van der Waals surface area contributed by atoms with Crippen molar-refractivity contribution in [2.75, 3.05) is 13.7 Å². The normalized spacial score (nSPS) is 10.8. The van der Waals surface area contributed by atoms with Crippen molar-refractivity contribution in [3.8, 4) is 5.75 Å². The molecule has 25 heavy (non-hydrogen) atoms. The Morgan fingerprint density at radius 1 is 1.08 bits per heavy atom. The fraction of sp³-hybridized carbons (Fsp3) is 0.278. The van der Waals surface area contributed by atoms with E-state index in [4.69, 9.17) is 4.74 Å². The Hall–Kier alpha value is -1.90. The average molecular weight is 461 g/mol. The van der Waals surface area contributed by atoms with Crippen LogP contribution in [0, 0.1) is 11.6 Å². The Bertz CT molecular complexity index is 710. The monoisotopic (exact) mass is 461 g/mol. The standard InChI is InChI=1S/C18H21F2N3O.HI/c1-3-21-18(22-11-13-6-4-5-7-17(13)24-2)23-12-14-10-15(19)8-9-16(14)20;/h4-10H,3,11-12H2,1-2H3,(H2,21,22,23);1H. The summed E-state index contributed by atoms with van der Waals surface area (Å²) >= 11 is 0. The molecule has 0 aliphatic rings. The van der Waals surface area contributed by atoms with E-state index in [2.05, 4.69) is 15.6 Å². The van der Waals surface area contributed by atoms with Gasteiger partial charge in [0.15, 0.2) is 5.96 Å². The Morgan fingerprint density at radius 2 is 1.84 bits per heavy atom. The second-order valence-corrected chi connectivity index (χ2v) is 5.10. The van der Waals surface area contributed by atoms with Gasteiger partial charge in [-0.2, -0.15) is 0 Å². The molecule has 0 spiro atoms. The SMILES string of the molecule is CCNC(=NCc1cc(F)ccc1F)NCc1ccccc1OC.I. The largest absolute Gasteiger partial charge is 0.496 e. The van der Waals surface area contributed by atoms with Gasteiger partial charge in [0, 0.05) is 24.2 Å². The molecule has 0 aromatic heterocycles. The summed E-state index contributed by atoms with van der Waals surface area (Å²) in [4.78, 5) is 4.30. The predicted octanol–water partition coefficient (Wildman–Crippen LogP) is 3.85. The second kappa shape index (κ2) is 10.9. The van der Waals surface area contributed by atoms with Crippen LogP contribution in [0.2, 0.25) is 0 Å². The Morgan fingerprint density at radius 3 is 2.56 bits per heavy atom. The number of hydrogen-bond acceptors (Lipinski definition) is 2. The third-order valence-electron chi connectivity index (χ3n) is 3.40. The minimum Gasteiger partial charge on any atom is -0.496 e. The lowest BCUT2D eigenvalue weighted by Crippen LogP contribution is -2.36. The van der Waals surface area contributed by atoms with E-state index in [1.54, 1.807) is 7.11 Å². The van der Waals surface area contributed by atoms with Gasteiger partial charge in [-0.05, 0) is 31.2 Å². The van der Waals surface area contributed by atoms with Crippen LogP contribution in [0.25, 0.3) is 0 Å². The molecule has 2 aromatic carbocycles. The highest BCUT2D eigenvalue weighted by molar-refractivity contribution is 14.0. The second-order valence-electron chi connectivity index (χ2n) is 5.10. The Kier molecular flexibility index (Phi) is 9.18. The number of methoxy groups -OCH3 is 1. The van der Waals surface area contributed by atoms with Gasteiger partial charge in [-0.25, -0.2) is 13.8 Å². The zero-order chi connectivity index (χ0) is 17.4. The number of guanidine groups is 1. The molecule has 0 bridgehead atoms. The third-order valence-corrected chi connectivity index (χ3v) is 3.40. The first kappa shape index (κ1) is 21.1. The molecule has 0 fully saturated rings. The van der Waals surface area contributed by atoms with Gasteiger partial charge in [0.25, 0.3) is 0 Å². The molecule has 0 amide bonds. The predicted molar refractivity (Wildman–Crippen MR) is 106 cm³/mol. The average Bonchev–Trinajstić information content (AvgIpc) is 2.60. The van der Waals surface area contributed by atoms with Crippen molar-refractivity contribution in [1.29, 1.82) is 0 Å². The van der Waals surface area contributed by atoms with Crippen LogP contribution in [0.5, 0.6) is 5.75 Å². The van der Waals surface area contributed by atoms with E-state index in [0.717, 1.165) is 29.5 Å². The number of rotatable bonds is 6. The van der Waals surface area contributed by atoms with Crippen LogP contribution < -0.4 is 15.4 Å². The van der Waals surface area contributed by atoms with E-state index < -0.39 is 11.6 Å². The van der Waals surface area contributed by atoms with Gasteiger partial charge in [-0.15, -0.1) is 24.0 Å². The maximum atomic E-state index is 13.7. The number of para-hydroxylation sites is 1. The molecule has 0 saturated carbocycles. The quantitative estimate of drug-likeness (QED) is 0.391. The van der Waals surface area contributed by atoms with Gasteiger partial charge in [0.1, 0.15) is 17.4 Å². The van der Waals surface area contributed by atoms with Crippen molar-refractivity contribution in [2.45, 2.75) is 20.0 Å². The highest BCUT2D eigenvalue weighted by atomic mass is 127. The molecule has 2 N–H and O–H groups in total. The number of halogens is 3. The van der Waals surface area contributed by atoms with Crippen LogP contribution in [-0.4, -0.2) is 19.6 Å². The molecular formula is C18H22F2IN3O. The minimum absolute atomic E-state index is 0. The van der Waals surface area contributed by atoms with Gasteiger partial charge in [-0.3, -0.25) is 0 Å². The van der Waals surface area contributed by atoms with E-state index in [0.29, 0.717) is 19.0 Å². The molecule has 0 aliphatic heterocycles. The number of ether oxygens (including phenoxy) is 1. The maximum Gasteiger partial charge on any atom is 0.191 e. The minimum atomic E-state index is -0.478. The summed E-state index contributed by atoms with van der Waals surface area (Å²) in [7, 11) is 1.62. The van der Waals surface area contributed by atoms with Crippen LogP contribution in [0.1, 0.15) is 18.1 Å². The molecule has 0 aliphatic carbocycles. The topological polar surface area (TPSA) is 45.7 Å². The summed E-state index contributed by atoms with van der Waals surface area (Å²) in [5.74, 6) is 0.346. The fourth-order valence-electron chi connectivity index (χ4n) is 2.20. The smallest absolute Gasteiger partial charge is 0.191 e. The Balaban J connectivity index is 0.00000312. The van der Waals surface area contributed by atoms with Gasteiger partial charge < -0.3 is 15.4 Å². The lowest BCUT2D eigenvalue weighted by atomic mass is 10.2. The highest BCUT2D eigenvalue weighted by Gasteiger charge is 2.06. The van der Waals surface area contributed by atoms with Crippen LogP contribution in [0.15, 0.2) is 47.5 Å². The van der Waals surface area contributed by atoms with Crippen molar-refractivity contribution >= 4 is 29.9 Å². The van der Waals surface area contributed by atoms with Crippen LogP contribution >= 0.6 is 24.0 Å². The molecule has 0 radical (unpaired) electrons. The summed E-state index contributed by atoms with van der Waals surface area (Å²) in [5.41, 5.74) is 1.19. The number of benzene rings is 2. The zero-order valence-corrected chi connectivity index (χ0v) is 16.5. The molecule has 136 valence electrons. The van der Waals surface area contributed by atoms with Crippen LogP contribution in [0.4, 0.5) is 8.78 Å². The van der Waals surface area contributed by atoms with Crippen LogP contribution in [0.3, 0.4) is 0 Å². The number of hydrogen-bond donors (Lipinski definition) is 2. The molecule has 7 heteroatoms. The van der Waals surface area contributed by atoms with Crippen molar-refractivity contribution in [2.24, 2.45) is 4.99 Å². The van der Waals surface area contributed by atoms with Crippen LogP contribution in [-0.2, 0) is 13.1 Å². The molecule has 2 rings (SSSR count). The summed E-state index contributed by atoms with van der Waals surface area (Å²) in [6.45, 7) is 3.14. The van der Waals surface area contributed by atoms with Gasteiger partial charge in [0.05, 0.1) is 13.7 Å². The molecular weight excluding hydrogens is 439 g/mol. The molecule has 0 unspecified atom stereocenters. The number of nitrogens with one attached hydrogen (secondary N) is 2. The van der Waals surface area contributed by atoms with E-state index in [1.165, 1.54) is 0 Å². The van der Waals surface area contributed by atoms with E-state index in [9.17, 15) is 8.78 Å². The number of nitrogens with zero attached hydrogens (tertiary/aromatic N) is 1. The summed E-state index contributed by atoms with van der Waals surface area (Å²) < 4.78 is 32.2. The van der Waals surface area contributed by atoms with Gasteiger partial charge >= 0.3 is 0 Å². The molecule has 0 saturated heterocycles. The molecule has 0 atom stereocenters. The molecule has 0 heterocycles. The summed E-state index contributed by atoms with van der Waals surface area (Å²) in [6.07, 6.45) is 0. The zero-order valence-electron chi connectivity index (χ0n) is 14.2. The highest BCUT2D eigenvalue weighted by Crippen LogP contribution is 2.16. The van der Waals surface area contributed by atoms with Crippen molar-refractivity contribution < 1.29 is 13.5 Å². The van der Waals surface area contributed by atoms with Crippen molar-refractivity contribution in [3.63, 3.8) is 0 Å². The first-order valence-corrected chi connectivity index (χ1v) is 7.72. The van der Waals surface area contributed by atoms with E-state index in [-0.39, 0.29) is 36.1 Å². The van der Waals surface area contributed by atoms with Crippen molar-refractivity contribution in [3.05, 3.63) is 65.2 Å². The van der Waals surface area contributed by atoms with Crippen molar-refractivity contribution in [1.82, 2.24) is 10.6 Å². The van der Waals surface area contributed by atoms with E-state index in [1.807, 2.05) is 31.2 Å². The molecule has 4 nitrogen and oxygen atoms in total. The first-order valence-electron chi connectivity index (χ1n) is 7.72. The molecule has 2 aromatic rings. The maximum absolute atomic E-state index is 13.7. The summed E-state index contributed by atoms with van der Waals surface area (Å²) in [5, 5.41) is 6.24. The third kappa shape index (κ3) is 6.49. The Labute approximate surface area is 163 Å². The van der Waals surface area contributed by atoms with E-state index >= 15 is 0 Å². The lowest BCUT2D eigenvalue weighted by molar-refractivity contribution is 0.409.